The Morgan fingerprint density at radius 3 is 1.82 bits per heavy atom. The molecule has 0 aliphatic heterocycles. The molecule has 0 aliphatic rings. The summed E-state index contributed by atoms with van der Waals surface area (Å²) in [5.74, 6) is -12.4. The Balaban J connectivity index is 3.20. The van der Waals surface area contributed by atoms with Crippen molar-refractivity contribution in [3.05, 3.63) is 29.1 Å². The van der Waals surface area contributed by atoms with E-state index >= 15 is 0 Å². The minimum atomic E-state index is -5.03. The first kappa shape index (κ1) is 18.8. The maximum absolute atomic E-state index is 13.4. The van der Waals surface area contributed by atoms with Gasteiger partial charge in [-0.15, -0.1) is 0 Å². The van der Waals surface area contributed by atoms with Gasteiger partial charge in [0.1, 0.15) is 0 Å². The zero-order chi connectivity index (χ0) is 17.2. The average molecular weight is 347 g/mol. The van der Waals surface area contributed by atoms with Gasteiger partial charge in [0.15, 0.2) is 28.2 Å². The first-order valence-corrected chi connectivity index (χ1v) is 7.72. The van der Waals surface area contributed by atoms with Gasteiger partial charge in [0, 0.05) is 6.54 Å². The van der Waals surface area contributed by atoms with E-state index in [1.54, 1.807) is 18.6 Å². The Kier molecular flexibility index (Phi) is 5.88. The number of sulfonamides is 1. The molecule has 126 valence electrons. The zero-order valence-electron chi connectivity index (χ0n) is 11.6. The van der Waals surface area contributed by atoms with Crippen molar-refractivity contribution in [2.24, 2.45) is 5.92 Å². The maximum Gasteiger partial charge on any atom is 0.246 e. The molecule has 0 amide bonds. The van der Waals surface area contributed by atoms with Crippen LogP contribution in [-0.2, 0) is 10.0 Å². The van der Waals surface area contributed by atoms with Gasteiger partial charge in [-0.3, -0.25) is 0 Å². The van der Waals surface area contributed by atoms with Gasteiger partial charge in [-0.05, 0) is 5.92 Å². The van der Waals surface area contributed by atoms with Crippen LogP contribution in [0.5, 0.6) is 0 Å². The van der Waals surface area contributed by atoms with Crippen LogP contribution in [0.1, 0.15) is 20.3 Å². The Morgan fingerprint density at radius 2 is 1.41 bits per heavy atom. The van der Waals surface area contributed by atoms with Crippen molar-refractivity contribution < 1.29 is 35.5 Å². The number of aliphatic hydroxyl groups is 1. The third-order valence-electron chi connectivity index (χ3n) is 3.22. The lowest BCUT2D eigenvalue weighted by Gasteiger charge is -2.18. The number of halogens is 5. The lowest BCUT2D eigenvalue weighted by Crippen LogP contribution is -2.36. The van der Waals surface area contributed by atoms with Gasteiger partial charge in [-0.25, -0.2) is 35.1 Å². The van der Waals surface area contributed by atoms with Gasteiger partial charge in [0.05, 0.1) is 6.10 Å². The molecule has 2 atom stereocenters. The number of hydrogen-bond donors (Lipinski definition) is 2. The predicted octanol–water partition coefficient (Wildman–Crippen LogP) is 2.07. The first-order chi connectivity index (χ1) is 10.0. The summed E-state index contributed by atoms with van der Waals surface area (Å²) in [4.78, 5) is -1.97. The zero-order valence-corrected chi connectivity index (χ0v) is 12.4. The van der Waals surface area contributed by atoms with Crippen molar-refractivity contribution in [1.29, 1.82) is 0 Å². The van der Waals surface area contributed by atoms with Crippen LogP contribution in [-0.4, -0.2) is 26.2 Å². The van der Waals surface area contributed by atoms with E-state index in [1.165, 1.54) is 0 Å². The van der Waals surface area contributed by atoms with E-state index in [2.05, 4.69) is 0 Å². The number of rotatable bonds is 6. The van der Waals surface area contributed by atoms with Crippen LogP contribution < -0.4 is 4.72 Å². The summed E-state index contributed by atoms with van der Waals surface area (Å²) in [5.41, 5.74) is 0. The molecule has 0 spiro atoms. The van der Waals surface area contributed by atoms with Crippen molar-refractivity contribution in [3.63, 3.8) is 0 Å². The highest BCUT2D eigenvalue weighted by molar-refractivity contribution is 7.89. The average Bonchev–Trinajstić information content (AvgIpc) is 2.47. The van der Waals surface area contributed by atoms with E-state index in [1.807, 2.05) is 0 Å². The quantitative estimate of drug-likeness (QED) is 0.470. The highest BCUT2D eigenvalue weighted by atomic mass is 32.2. The molecule has 0 saturated carbocycles. The summed E-state index contributed by atoms with van der Waals surface area (Å²) in [6, 6.07) is 0. The van der Waals surface area contributed by atoms with Gasteiger partial charge >= 0.3 is 0 Å². The Labute approximate surface area is 124 Å². The maximum atomic E-state index is 13.4. The Hall–Kier alpha value is -1.26. The molecular weight excluding hydrogens is 333 g/mol. The summed E-state index contributed by atoms with van der Waals surface area (Å²) in [6.07, 6.45) is -0.688. The lowest BCUT2D eigenvalue weighted by molar-refractivity contribution is 0.118. The molecule has 0 heterocycles. The Bertz CT molecular complexity index is 636. The van der Waals surface area contributed by atoms with Crippen LogP contribution in [0, 0.1) is 35.0 Å². The van der Waals surface area contributed by atoms with Gasteiger partial charge in [-0.2, -0.15) is 0 Å². The second-order valence-electron chi connectivity index (χ2n) is 4.70. The number of nitrogens with one attached hydrogen (secondary N) is 1. The van der Waals surface area contributed by atoms with Crippen molar-refractivity contribution in [1.82, 2.24) is 4.72 Å². The van der Waals surface area contributed by atoms with Crippen molar-refractivity contribution >= 4 is 10.0 Å². The monoisotopic (exact) mass is 347 g/mol. The molecule has 0 fully saturated rings. The fourth-order valence-electron chi connectivity index (χ4n) is 1.56. The molecule has 10 heteroatoms. The van der Waals surface area contributed by atoms with Gasteiger partial charge < -0.3 is 5.11 Å². The lowest BCUT2D eigenvalue weighted by atomic mass is 10.0. The normalized spacial score (nSPS) is 14.9. The van der Waals surface area contributed by atoms with Crippen LogP contribution in [0.4, 0.5) is 22.0 Å². The SMILES string of the molecule is CCC(C)C(O)CNS(=O)(=O)c1c(F)c(F)c(F)c(F)c1F. The second-order valence-corrected chi connectivity index (χ2v) is 6.41. The molecule has 2 unspecified atom stereocenters. The van der Waals surface area contributed by atoms with Crippen LogP contribution >= 0.6 is 0 Å². The number of hydrogen-bond acceptors (Lipinski definition) is 3. The van der Waals surface area contributed by atoms with Crippen LogP contribution in [0.15, 0.2) is 4.90 Å². The third-order valence-corrected chi connectivity index (χ3v) is 4.66. The van der Waals surface area contributed by atoms with E-state index in [0.29, 0.717) is 6.42 Å². The standard InChI is InChI=1S/C12H14F5NO3S/c1-3-5(2)6(19)4-18-22(20,21)12-10(16)8(14)7(13)9(15)11(12)17/h5-6,18-19H,3-4H2,1-2H3. The minimum Gasteiger partial charge on any atom is -0.391 e. The van der Waals surface area contributed by atoms with E-state index < -0.39 is 56.7 Å². The van der Waals surface area contributed by atoms with Gasteiger partial charge in [-0.1, -0.05) is 20.3 Å². The van der Waals surface area contributed by atoms with Gasteiger partial charge in [0.2, 0.25) is 15.8 Å². The molecule has 1 rings (SSSR count). The van der Waals surface area contributed by atoms with Crippen LogP contribution in [0.25, 0.3) is 0 Å². The molecule has 1 aromatic carbocycles. The summed E-state index contributed by atoms with van der Waals surface area (Å²) >= 11 is 0. The first-order valence-electron chi connectivity index (χ1n) is 6.23. The highest BCUT2D eigenvalue weighted by Crippen LogP contribution is 2.26. The molecule has 0 radical (unpaired) electrons. The Morgan fingerprint density at radius 1 is 1.00 bits per heavy atom. The van der Waals surface area contributed by atoms with Crippen molar-refractivity contribution in [2.45, 2.75) is 31.3 Å². The molecule has 2 N–H and O–H groups in total. The molecule has 22 heavy (non-hydrogen) atoms. The van der Waals surface area contributed by atoms with E-state index in [9.17, 15) is 35.5 Å². The van der Waals surface area contributed by atoms with E-state index in [4.69, 9.17) is 0 Å². The molecule has 0 saturated heterocycles. The molecule has 4 nitrogen and oxygen atoms in total. The topological polar surface area (TPSA) is 66.4 Å². The largest absolute Gasteiger partial charge is 0.391 e. The number of benzene rings is 1. The molecular formula is C12H14F5NO3S. The van der Waals surface area contributed by atoms with Crippen molar-refractivity contribution in [3.8, 4) is 0 Å². The van der Waals surface area contributed by atoms with Gasteiger partial charge in [0.25, 0.3) is 0 Å². The molecule has 1 aromatic rings. The molecule has 0 aromatic heterocycles. The fourth-order valence-corrected chi connectivity index (χ4v) is 2.75. The summed E-state index contributed by atoms with van der Waals surface area (Å²) < 4.78 is 90.9. The van der Waals surface area contributed by atoms with E-state index in [0.717, 1.165) is 0 Å². The molecule has 0 bridgehead atoms. The third kappa shape index (κ3) is 3.55. The summed E-state index contributed by atoms with van der Waals surface area (Å²) in [5, 5.41) is 9.60. The fraction of sp³-hybridized carbons (Fsp3) is 0.500. The van der Waals surface area contributed by atoms with Crippen molar-refractivity contribution in [2.75, 3.05) is 6.54 Å². The number of aliphatic hydroxyl groups excluding tert-OH is 1. The predicted molar refractivity (Wildman–Crippen MR) is 66.9 cm³/mol. The summed E-state index contributed by atoms with van der Waals surface area (Å²) in [6.45, 7) is 2.68. The summed E-state index contributed by atoms with van der Waals surface area (Å²) in [7, 11) is -5.03. The molecule has 0 aliphatic carbocycles. The smallest absolute Gasteiger partial charge is 0.246 e. The second kappa shape index (κ2) is 6.88. The minimum absolute atomic E-state index is 0.334. The highest BCUT2D eigenvalue weighted by Gasteiger charge is 2.33. The van der Waals surface area contributed by atoms with Crippen LogP contribution in [0.3, 0.4) is 0 Å². The van der Waals surface area contributed by atoms with Crippen LogP contribution in [0.2, 0.25) is 0 Å². The van der Waals surface area contributed by atoms with E-state index in [-0.39, 0.29) is 5.92 Å².